The quantitative estimate of drug-likeness (QED) is 0.903. The highest BCUT2D eigenvalue weighted by atomic mass is 32.2. The minimum atomic E-state index is -3.94. The first-order valence-electron chi connectivity index (χ1n) is 5.76. The molecule has 0 radical (unpaired) electrons. The van der Waals surface area contributed by atoms with E-state index in [4.69, 9.17) is 5.11 Å². The van der Waals surface area contributed by atoms with Crippen LogP contribution in [0, 0.1) is 0 Å². The molecule has 7 heteroatoms. The van der Waals surface area contributed by atoms with E-state index in [2.05, 4.69) is 0 Å². The van der Waals surface area contributed by atoms with Gasteiger partial charge in [-0.15, -0.1) is 0 Å². The number of nitrogens with zero attached hydrogens (tertiary/aromatic N) is 1. The fourth-order valence-corrected chi connectivity index (χ4v) is 3.84. The summed E-state index contributed by atoms with van der Waals surface area (Å²) in [5.74, 6) is -1.83. The van der Waals surface area contributed by atoms with Crippen LogP contribution in [0.4, 0.5) is 0 Å². The maximum atomic E-state index is 12.3. The lowest BCUT2D eigenvalue weighted by Gasteiger charge is -2.21. The highest BCUT2D eigenvalue weighted by molar-refractivity contribution is 7.90. The summed E-state index contributed by atoms with van der Waals surface area (Å²) in [6, 6.07) is 3.06. The molecule has 0 fully saturated rings. The van der Waals surface area contributed by atoms with E-state index in [1.165, 1.54) is 12.1 Å². The van der Waals surface area contributed by atoms with Gasteiger partial charge in [0.2, 0.25) is 0 Å². The number of amides is 1. The van der Waals surface area contributed by atoms with Gasteiger partial charge < -0.3 is 5.11 Å². The van der Waals surface area contributed by atoms with E-state index in [9.17, 15) is 18.0 Å². The van der Waals surface area contributed by atoms with E-state index in [1.807, 2.05) is 0 Å². The van der Waals surface area contributed by atoms with Crippen molar-refractivity contribution in [3.05, 3.63) is 29.3 Å². The van der Waals surface area contributed by atoms with Gasteiger partial charge in [-0.2, -0.15) is 0 Å². The summed E-state index contributed by atoms with van der Waals surface area (Å²) in [7, 11) is -3.94. The van der Waals surface area contributed by atoms with Crippen molar-refractivity contribution >= 4 is 21.9 Å². The molecule has 2 rings (SSSR count). The Hall–Kier alpha value is -1.89. The Morgan fingerprint density at radius 2 is 2.05 bits per heavy atom. The van der Waals surface area contributed by atoms with Gasteiger partial charge in [-0.3, -0.25) is 4.79 Å². The second-order valence-electron chi connectivity index (χ2n) is 4.38. The topological polar surface area (TPSA) is 91.8 Å². The predicted molar refractivity (Wildman–Crippen MR) is 66.5 cm³/mol. The summed E-state index contributed by atoms with van der Waals surface area (Å²) < 4.78 is 25.4. The predicted octanol–water partition coefficient (Wildman–Crippen LogP) is 1.33. The molecule has 1 aromatic carbocycles. The molecule has 0 aliphatic carbocycles. The minimum absolute atomic E-state index is 0.0327. The van der Waals surface area contributed by atoms with Crippen LogP contribution in [-0.4, -0.2) is 35.7 Å². The molecule has 102 valence electrons. The average Bonchev–Trinajstić information content (AvgIpc) is 2.56. The van der Waals surface area contributed by atoms with Crippen molar-refractivity contribution in [3.63, 3.8) is 0 Å². The van der Waals surface area contributed by atoms with Gasteiger partial charge in [0.1, 0.15) is 4.90 Å². The second kappa shape index (κ2) is 4.34. The van der Waals surface area contributed by atoms with Crippen molar-refractivity contribution in [2.45, 2.75) is 31.2 Å². The van der Waals surface area contributed by atoms with Crippen molar-refractivity contribution in [1.82, 2.24) is 4.31 Å². The van der Waals surface area contributed by atoms with Crippen molar-refractivity contribution in [3.8, 4) is 0 Å². The molecule has 1 heterocycles. The average molecular weight is 283 g/mol. The molecule has 0 spiro atoms. The number of carbonyl (C=O) groups is 2. The number of benzene rings is 1. The second-order valence-corrected chi connectivity index (χ2v) is 6.16. The van der Waals surface area contributed by atoms with Crippen LogP contribution in [0.5, 0.6) is 0 Å². The molecule has 1 N–H and O–H groups in total. The van der Waals surface area contributed by atoms with Crippen LogP contribution in [0.3, 0.4) is 0 Å². The van der Waals surface area contributed by atoms with Crippen LogP contribution < -0.4 is 0 Å². The first-order valence-corrected chi connectivity index (χ1v) is 7.20. The molecule has 1 amide bonds. The van der Waals surface area contributed by atoms with Gasteiger partial charge in [0.05, 0.1) is 11.1 Å². The third-order valence-corrected chi connectivity index (χ3v) is 5.12. The minimum Gasteiger partial charge on any atom is -0.478 e. The van der Waals surface area contributed by atoms with Gasteiger partial charge in [0, 0.05) is 6.04 Å². The van der Waals surface area contributed by atoms with E-state index >= 15 is 0 Å². The fourth-order valence-electron chi connectivity index (χ4n) is 1.98. The molecule has 19 heavy (non-hydrogen) atoms. The Labute approximate surface area is 110 Å². The summed E-state index contributed by atoms with van der Waals surface area (Å²) in [5, 5.41) is 8.88. The lowest BCUT2D eigenvalue weighted by molar-refractivity contribution is 0.0695. The smallest absolute Gasteiger partial charge is 0.335 e. The summed E-state index contributed by atoms with van der Waals surface area (Å²) in [4.78, 5) is 22.7. The van der Waals surface area contributed by atoms with Gasteiger partial charge in [-0.25, -0.2) is 17.5 Å². The van der Waals surface area contributed by atoms with Crippen molar-refractivity contribution in [1.29, 1.82) is 0 Å². The molecule has 0 aromatic heterocycles. The van der Waals surface area contributed by atoms with Gasteiger partial charge >= 0.3 is 5.97 Å². The van der Waals surface area contributed by atoms with E-state index < -0.39 is 27.9 Å². The van der Waals surface area contributed by atoms with Crippen molar-refractivity contribution in [2.75, 3.05) is 0 Å². The third kappa shape index (κ3) is 1.90. The largest absolute Gasteiger partial charge is 0.478 e. The number of sulfonamides is 1. The highest BCUT2D eigenvalue weighted by Gasteiger charge is 2.43. The first-order chi connectivity index (χ1) is 8.80. The summed E-state index contributed by atoms with van der Waals surface area (Å²) >= 11 is 0. The zero-order valence-electron chi connectivity index (χ0n) is 10.5. The normalized spacial score (nSPS) is 18.2. The highest BCUT2D eigenvalue weighted by Crippen LogP contribution is 2.33. The number of hydrogen-bond acceptors (Lipinski definition) is 4. The van der Waals surface area contributed by atoms with Crippen LogP contribution in [0.25, 0.3) is 0 Å². The Morgan fingerprint density at radius 1 is 1.42 bits per heavy atom. The lowest BCUT2D eigenvalue weighted by Crippen LogP contribution is -2.37. The zero-order valence-corrected chi connectivity index (χ0v) is 11.3. The maximum Gasteiger partial charge on any atom is 0.335 e. The monoisotopic (exact) mass is 283 g/mol. The molecular weight excluding hydrogens is 270 g/mol. The van der Waals surface area contributed by atoms with Gasteiger partial charge in [-0.05, 0) is 31.5 Å². The Morgan fingerprint density at radius 3 is 2.58 bits per heavy atom. The molecule has 1 unspecified atom stereocenters. The molecule has 0 saturated heterocycles. The Bertz CT molecular complexity index is 665. The maximum absolute atomic E-state index is 12.3. The molecule has 0 saturated carbocycles. The molecular formula is C12H13NO5S. The summed E-state index contributed by atoms with van der Waals surface area (Å²) in [5.41, 5.74) is -0.119. The Balaban J connectivity index is 2.64. The van der Waals surface area contributed by atoms with Crippen LogP contribution in [0.1, 0.15) is 41.0 Å². The van der Waals surface area contributed by atoms with E-state index in [1.54, 1.807) is 13.8 Å². The number of hydrogen-bond donors (Lipinski definition) is 1. The number of carboxylic acids is 1. The van der Waals surface area contributed by atoms with Crippen LogP contribution in [0.15, 0.2) is 23.1 Å². The fraction of sp³-hybridized carbons (Fsp3) is 0.333. The van der Waals surface area contributed by atoms with Crippen LogP contribution in [-0.2, 0) is 10.0 Å². The summed E-state index contributed by atoms with van der Waals surface area (Å²) in [6.07, 6.45) is 0.491. The number of fused-ring (bicyclic) bond motifs is 1. The third-order valence-electron chi connectivity index (χ3n) is 3.19. The number of carbonyl (C=O) groups excluding carboxylic acids is 1. The number of aromatic carboxylic acids is 1. The molecule has 0 bridgehead atoms. The van der Waals surface area contributed by atoms with Crippen molar-refractivity contribution < 1.29 is 23.1 Å². The standard InChI is InChI=1S/C12H13NO5S/c1-3-7(2)13-11(14)9-5-4-8(12(15)16)6-10(9)19(13,17)18/h4-7H,3H2,1-2H3,(H,15,16). The van der Waals surface area contributed by atoms with E-state index in [-0.39, 0.29) is 16.0 Å². The molecule has 1 aliphatic rings. The van der Waals surface area contributed by atoms with Gasteiger partial charge in [0.25, 0.3) is 15.9 Å². The number of carboxylic acid groups (broad SMARTS) is 1. The Kier molecular flexibility index (Phi) is 3.09. The van der Waals surface area contributed by atoms with Crippen molar-refractivity contribution in [2.24, 2.45) is 0 Å². The molecule has 6 nitrogen and oxygen atoms in total. The molecule has 1 atom stereocenters. The van der Waals surface area contributed by atoms with Gasteiger partial charge in [-0.1, -0.05) is 6.92 Å². The zero-order chi connectivity index (χ0) is 14.4. The summed E-state index contributed by atoms with van der Waals surface area (Å²) in [6.45, 7) is 3.42. The van der Waals surface area contributed by atoms with Crippen LogP contribution in [0.2, 0.25) is 0 Å². The molecule has 1 aromatic rings. The lowest BCUT2D eigenvalue weighted by atomic mass is 10.1. The first kappa shape index (κ1) is 13.5. The number of rotatable bonds is 3. The molecule has 1 aliphatic heterocycles. The van der Waals surface area contributed by atoms with E-state index in [0.29, 0.717) is 6.42 Å². The van der Waals surface area contributed by atoms with Gasteiger partial charge in [0.15, 0.2) is 0 Å². The van der Waals surface area contributed by atoms with Crippen LogP contribution >= 0.6 is 0 Å². The SMILES string of the molecule is CCC(C)N1C(=O)c2ccc(C(=O)O)cc2S1(=O)=O. The van der Waals surface area contributed by atoms with E-state index in [0.717, 1.165) is 10.4 Å².